The molecule has 1 aliphatic rings. The maximum absolute atomic E-state index is 5.84. The fourth-order valence-corrected chi connectivity index (χ4v) is 2.82. The Kier molecular flexibility index (Phi) is 4.13. The Morgan fingerprint density at radius 2 is 1.89 bits per heavy atom. The highest BCUT2D eigenvalue weighted by atomic mass is 35.5. The number of halogens is 1. The first-order valence-corrected chi connectivity index (χ1v) is 7.16. The van der Waals surface area contributed by atoms with Crippen molar-refractivity contribution in [1.29, 1.82) is 0 Å². The molecular formula is C13H22ClN5. The summed E-state index contributed by atoms with van der Waals surface area (Å²) in [6, 6.07) is 0. The molecule has 1 fully saturated rings. The minimum atomic E-state index is 0.166. The molecule has 0 spiro atoms. The summed E-state index contributed by atoms with van der Waals surface area (Å²) >= 11 is 5.84. The van der Waals surface area contributed by atoms with Crippen molar-refractivity contribution in [3.05, 3.63) is 5.28 Å². The molecule has 1 unspecified atom stereocenters. The third kappa shape index (κ3) is 3.69. The largest absolute Gasteiger partial charge is 0.368 e. The Hall–Kier alpha value is -1.10. The summed E-state index contributed by atoms with van der Waals surface area (Å²) in [5.74, 6) is 1.52. The average molecular weight is 284 g/mol. The normalized spacial score (nSPS) is 21.3. The van der Waals surface area contributed by atoms with Crippen molar-refractivity contribution in [3.63, 3.8) is 0 Å². The van der Waals surface area contributed by atoms with Gasteiger partial charge in [-0.15, -0.1) is 0 Å². The molecule has 1 aromatic heterocycles. The Morgan fingerprint density at radius 3 is 2.53 bits per heavy atom. The van der Waals surface area contributed by atoms with Crippen LogP contribution in [-0.4, -0.2) is 28.0 Å². The molecule has 5 nitrogen and oxygen atoms in total. The van der Waals surface area contributed by atoms with Crippen molar-refractivity contribution < 1.29 is 0 Å². The van der Waals surface area contributed by atoms with Crippen LogP contribution in [-0.2, 0) is 0 Å². The highest BCUT2D eigenvalue weighted by Gasteiger charge is 2.27. The molecule has 0 aromatic carbocycles. The summed E-state index contributed by atoms with van der Waals surface area (Å²) in [7, 11) is 0. The molecule has 19 heavy (non-hydrogen) atoms. The Balaban J connectivity index is 2.11. The van der Waals surface area contributed by atoms with E-state index in [1.54, 1.807) is 0 Å². The number of nitrogens with two attached hydrogens (primary N) is 1. The van der Waals surface area contributed by atoms with Gasteiger partial charge in [-0.25, -0.2) is 0 Å². The Bertz CT molecular complexity index is 423. The Labute approximate surface area is 119 Å². The molecule has 1 aliphatic heterocycles. The van der Waals surface area contributed by atoms with Crippen LogP contribution in [0.5, 0.6) is 0 Å². The van der Waals surface area contributed by atoms with Crippen molar-refractivity contribution in [2.24, 2.45) is 11.3 Å². The second-order valence-electron chi connectivity index (χ2n) is 6.24. The molecule has 2 rings (SSSR count). The maximum Gasteiger partial charge on any atom is 0.231 e. The van der Waals surface area contributed by atoms with Gasteiger partial charge in [0, 0.05) is 13.1 Å². The van der Waals surface area contributed by atoms with Gasteiger partial charge < -0.3 is 10.6 Å². The van der Waals surface area contributed by atoms with Crippen molar-refractivity contribution in [2.45, 2.75) is 40.0 Å². The first kappa shape index (κ1) is 14.3. The number of anilines is 2. The zero-order valence-corrected chi connectivity index (χ0v) is 12.6. The second-order valence-corrected chi connectivity index (χ2v) is 6.58. The molecule has 0 aliphatic carbocycles. The van der Waals surface area contributed by atoms with Crippen LogP contribution in [0.2, 0.25) is 5.28 Å². The first-order valence-electron chi connectivity index (χ1n) is 6.78. The van der Waals surface area contributed by atoms with Gasteiger partial charge in [-0.1, -0.05) is 20.8 Å². The van der Waals surface area contributed by atoms with Crippen LogP contribution in [0.4, 0.5) is 11.9 Å². The van der Waals surface area contributed by atoms with Crippen LogP contribution >= 0.6 is 11.6 Å². The predicted octanol–water partition coefficient (Wildman–Crippen LogP) is 2.76. The van der Waals surface area contributed by atoms with E-state index in [2.05, 4.69) is 40.6 Å². The smallest absolute Gasteiger partial charge is 0.231 e. The van der Waals surface area contributed by atoms with Gasteiger partial charge in [0.05, 0.1) is 0 Å². The zero-order valence-electron chi connectivity index (χ0n) is 11.9. The molecule has 1 saturated heterocycles. The molecule has 0 saturated carbocycles. The molecule has 0 radical (unpaired) electrons. The fourth-order valence-electron chi connectivity index (χ4n) is 2.66. The molecular weight excluding hydrogens is 262 g/mol. The summed E-state index contributed by atoms with van der Waals surface area (Å²) < 4.78 is 0. The van der Waals surface area contributed by atoms with E-state index in [9.17, 15) is 0 Å². The molecule has 6 heteroatoms. The van der Waals surface area contributed by atoms with Crippen LogP contribution in [0.3, 0.4) is 0 Å². The third-order valence-corrected chi connectivity index (χ3v) is 4.02. The van der Waals surface area contributed by atoms with Crippen molar-refractivity contribution in [1.82, 2.24) is 15.0 Å². The van der Waals surface area contributed by atoms with Gasteiger partial charge in [0.1, 0.15) is 0 Å². The summed E-state index contributed by atoms with van der Waals surface area (Å²) in [4.78, 5) is 14.3. The number of hydrogen-bond donors (Lipinski definition) is 1. The standard InChI is InChI=1S/C13H22ClN5/c1-13(2,3)9-5-4-7-19(8-6-9)12-17-10(14)16-11(15)18-12/h9H,4-8H2,1-3H3,(H2,15,16,17,18). The van der Waals surface area contributed by atoms with E-state index in [1.807, 2.05) is 0 Å². The van der Waals surface area contributed by atoms with Gasteiger partial charge in [0.25, 0.3) is 0 Å². The van der Waals surface area contributed by atoms with Gasteiger partial charge in [0.15, 0.2) is 0 Å². The summed E-state index contributed by atoms with van der Waals surface area (Å²) in [5, 5.41) is 0.166. The van der Waals surface area contributed by atoms with Crippen LogP contribution in [0.15, 0.2) is 0 Å². The highest BCUT2D eigenvalue weighted by Crippen LogP contribution is 2.34. The van der Waals surface area contributed by atoms with E-state index >= 15 is 0 Å². The number of hydrogen-bond acceptors (Lipinski definition) is 5. The minimum absolute atomic E-state index is 0.166. The number of aromatic nitrogens is 3. The van der Waals surface area contributed by atoms with Crippen molar-refractivity contribution in [3.8, 4) is 0 Å². The minimum Gasteiger partial charge on any atom is -0.368 e. The van der Waals surface area contributed by atoms with E-state index in [1.165, 1.54) is 6.42 Å². The number of rotatable bonds is 1. The quantitative estimate of drug-likeness (QED) is 0.858. The van der Waals surface area contributed by atoms with Crippen molar-refractivity contribution >= 4 is 23.5 Å². The van der Waals surface area contributed by atoms with Gasteiger partial charge in [-0.3, -0.25) is 0 Å². The SMILES string of the molecule is CC(C)(C)C1CCCN(c2nc(N)nc(Cl)n2)CC1. The molecule has 106 valence electrons. The van der Waals surface area contributed by atoms with E-state index in [0.717, 1.165) is 31.8 Å². The average Bonchev–Trinajstić information content (AvgIpc) is 2.52. The predicted molar refractivity (Wildman–Crippen MR) is 78.3 cm³/mol. The van der Waals surface area contributed by atoms with Gasteiger partial charge in [0.2, 0.25) is 17.2 Å². The summed E-state index contributed by atoms with van der Waals surface area (Å²) in [5.41, 5.74) is 5.98. The monoisotopic (exact) mass is 283 g/mol. The second kappa shape index (κ2) is 5.49. The molecule has 1 aromatic rings. The van der Waals surface area contributed by atoms with E-state index in [0.29, 0.717) is 11.4 Å². The summed E-state index contributed by atoms with van der Waals surface area (Å²) in [6.45, 7) is 8.83. The van der Waals surface area contributed by atoms with Crippen LogP contribution in [0, 0.1) is 11.3 Å². The van der Waals surface area contributed by atoms with Crippen molar-refractivity contribution in [2.75, 3.05) is 23.7 Å². The number of nitrogens with zero attached hydrogens (tertiary/aromatic N) is 4. The fraction of sp³-hybridized carbons (Fsp3) is 0.769. The molecule has 2 heterocycles. The lowest BCUT2D eigenvalue weighted by atomic mass is 9.77. The van der Waals surface area contributed by atoms with Gasteiger partial charge in [-0.2, -0.15) is 15.0 Å². The topological polar surface area (TPSA) is 67.9 Å². The molecule has 2 N–H and O–H groups in total. The summed E-state index contributed by atoms with van der Waals surface area (Å²) in [6.07, 6.45) is 3.53. The van der Waals surface area contributed by atoms with E-state index in [4.69, 9.17) is 17.3 Å². The lowest BCUT2D eigenvalue weighted by molar-refractivity contribution is 0.220. The third-order valence-electron chi connectivity index (χ3n) is 3.85. The van der Waals surface area contributed by atoms with E-state index in [-0.39, 0.29) is 11.2 Å². The lowest BCUT2D eigenvalue weighted by Crippen LogP contribution is -2.28. The number of nitrogen functional groups attached to an aromatic ring is 1. The highest BCUT2D eigenvalue weighted by molar-refractivity contribution is 6.28. The molecule has 0 amide bonds. The lowest BCUT2D eigenvalue weighted by Gasteiger charge is -2.29. The van der Waals surface area contributed by atoms with E-state index < -0.39 is 0 Å². The maximum atomic E-state index is 5.84. The van der Waals surface area contributed by atoms with Crippen LogP contribution < -0.4 is 10.6 Å². The van der Waals surface area contributed by atoms with Gasteiger partial charge in [-0.05, 0) is 42.2 Å². The Morgan fingerprint density at radius 1 is 1.16 bits per heavy atom. The van der Waals surface area contributed by atoms with Gasteiger partial charge >= 0.3 is 0 Å². The zero-order chi connectivity index (χ0) is 14.0. The van der Waals surface area contributed by atoms with Crippen LogP contribution in [0.1, 0.15) is 40.0 Å². The molecule has 1 atom stereocenters. The van der Waals surface area contributed by atoms with Crippen LogP contribution in [0.25, 0.3) is 0 Å². The first-order chi connectivity index (χ1) is 8.86. The molecule has 0 bridgehead atoms.